The first-order chi connectivity index (χ1) is 8.97. The van der Waals surface area contributed by atoms with Gasteiger partial charge in [-0.1, -0.05) is 41.0 Å². The zero-order valence-corrected chi connectivity index (χ0v) is 13.1. The van der Waals surface area contributed by atoms with Crippen LogP contribution in [0.2, 0.25) is 0 Å². The minimum absolute atomic E-state index is 0.140. The van der Waals surface area contributed by atoms with E-state index in [0.717, 1.165) is 25.9 Å². The molecule has 1 rings (SSSR count). The molecule has 1 fully saturated rings. The third kappa shape index (κ3) is 4.68. The van der Waals surface area contributed by atoms with Gasteiger partial charge in [-0.2, -0.15) is 0 Å². The van der Waals surface area contributed by atoms with E-state index in [2.05, 4.69) is 39.9 Å². The molecule has 1 heterocycles. The highest BCUT2D eigenvalue weighted by atomic mass is 16.6. The van der Waals surface area contributed by atoms with Gasteiger partial charge < -0.3 is 15.0 Å². The van der Waals surface area contributed by atoms with Crippen LogP contribution < -0.4 is 5.32 Å². The van der Waals surface area contributed by atoms with Crippen LogP contribution in [0.3, 0.4) is 0 Å². The summed E-state index contributed by atoms with van der Waals surface area (Å²) in [5, 5.41) is 3.55. The number of hydrogen-bond donors (Lipinski definition) is 1. The lowest BCUT2D eigenvalue weighted by atomic mass is 9.95. The molecular formula is C15H30N2O2. The maximum Gasteiger partial charge on any atom is 0.410 e. The van der Waals surface area contributed by atoms with Crippen molar-refractivity contribution >= 4 is 6.09 Å². The first kappa shape index (κ1) is 16.3. The molecule has 112 valence electrons. The summed E-state index contributed by atoms with van der Waals surface area (Å²) in [6.45, 7) is 13.0. The second-order valence-electron chi connectivity index (χ2n) is 6.19. The molecular weight excluding hydrogens is 240 g/mol. The van der Waals surface area contributed by atoms with Gasteiger partial charge in [0.25, 0.3) is 0 Å². The minimum Gasteiger partial charge on any atom is -0.449 e. The Labute approximate surface area is 117 Å². The SMILES string of the molecule is CCCCOC(=O)N1CC(C(C)C)NCC1C(C)C. The quantitative estimate of drug-likeness (QED) is 0.781. The Bertz CT molecular complexity index is 279. The second-order valence-corrected chi connectivity index (χ2v) is 6.19. The lowest BCUT2D eigenvalue weighted by Gasteiger charge is -2.42. The minimum atomic E-state index is -0.140. The second kappa shape index (κ2) is 7.73. The van der Waals surface area contributed by atoms with Gasteiger partial charge in [0.1, 0.15) is 0 Å². The summed E-state index contributed by atoms with van der Waals surface area (Å²) < 4.78 is 5.39. The molecule has 0 spiro atoms. The summed E-state index contributed by atoms with van der Waals surface area (Å²) >= 11 is 0. The Morgan fingerprint density at radius 1 is 1.32 bits per heavy atom. The molecule has 1 N–H and O–H groups in total. The largest absolute Gasteiger partial charge is 0.449 e. The van der Waals surface area contributed by atoms with Crippen molar-refractivity contribution in [3.63, 3.8) is 0 Å². The monoisotopic (exact) mass is 270 g/mol. The molecule has 1 aliphatic heterocycles. The Hall–Kier alpha value is -0.770. The fraction of sp³-hybridized carbons (Fsp3) is 0.933. The van der Waals surface area contributed by atoms with E-state index in [-0.39, 0.29) is 12.1 Å². The molecule has 1 aliphatic rings. The smallest absolute Gasteiger partial charge is 0.410 e. The van der Waals surface area contributed by atoms with Gasteiger partial charge in [-0.15, -0.1) is 0 Å². The third-order valence-electron chi connectivity index (χ3n) is 3.92. The van der Waals surface area contributed by atoms with E-state index >= 15 is 0 Å². The standard InChI is InChI=1S/C15H30N2O2/c1-6-7-8-19-15(18)17-10-13(11(2)3)16-9-14(17)12(4)5/h11-14,16H,6-10H2,1-5H3. The third-order valence-corrected chi connectivity index (χ3v) is 3.92. The van der Waals surface area contributed by atoms with Gasteiger partial charge in [0.05, 0.1) is 6.61 Å². The molecule has 2 unspecified atom stereocenters. The highest BCUT2D eigenvalue weighted by Crippen LogP contribution is 2.19. The van der Waals surface area contributed by atoms with Gasteiger partial charge in [0.2, 0.25) is 0 Å². The zero-order valence-electron chi connectivity index (χ0n) is 13.1. The Kier molecular flexibility index (Phi) is 6.63. The van der Waals surface area contributed by atoms with E-state index in [9.17, 15) is 4.79 Å². The average Bonchev–Trinajstić information content (AvgIpc) is 2.37. The lowest BCUT2D eigenvalue weighted by molar-refractivity contribution is 0.0491. The molecule has 4 nitrogen and oxygen atoms in total. The Morgan fingerprint density at radius 3 is 2.53 bits per heavy atom. The van der Waals surface area contributed by atoms with Crippen molar-refractivity contribution in [2.24, 2.45) is 11.8 Å². The number of ether oxygens (including phenoxy) is 1. The van der Waals surface area contributed by atoms with Crippen molar-refractivity contribution in [1.82, 2.24) is 10.2 Å². The highest BCUT2D eigenvalue weighted by molar-refractivity contribution is 5.68. The average molecular weight is 270 g/mol. The van der Waals surface area contributed by atoms with Gasteiger partial charge in [-0.05, 0) is 18.3 Å². The predicted octanol–water partition coefficient (Wildman–Crippen LogP) is 2.88. The first-order valence-electron chi connectivity index (χ1n) is 7.64. The molecule has 4 heteroatoms. The number of carbonyl (C=O) groups is 1. The van der Waals surface area contributed by atoms with Crippen LogP contribution in [-0.2, 0) is 4.74 Å². The summed E-state index contributed by atoms with van der Waals surface area (Å²) in [5.74, 6) is 0.971. The van der Waals surface area contributed by atoms with Gasteiger partial charge in [0.15, 0.2) is 0 Å². The maximum absolute atomic E-state index is 12.2. The zero-order chi connectivity index (χ0) is 14.4. The van der Waals surface area contributed by atoms with Crippen LogP contribution in [0, 0.1) is 11.8 Å². The van der Waals surface area contributed by atoms with Crippen LogP contribution in [0.15, 0.2) is 0 Å². The number of hydrogen-bond acceptors (Lipinski definition) is 3. The number of unbranched alkanes of at least 4 members (excludes halogenated alkanes) is 1. The number of piperazine rings is 1. The summed E-state index contributed by atoms with van der Waals surface area (Å²) in [6.07, 6.45) is 1.86. The number of nitrogens with zero attached hydrogens (tertiary/aromatic N) is 1. The first-order valence-corrected chi connectivity index (χ1v) is 7.64. The van der Waals surface area contributed by atoms with Crippen molar-refractivity contribution in [3.8, 4) is 0 Å². The number of nitrogens with one attached hydrogen (secondary N) is 1. The van der Waals surface area contributed by atoms with E-state index in [1.54, 1.807) is 0 Å². The van der Waals surface area contributed by atoms with Crippen LogP contribution in [-0.4, -0.2) is 42.8 Å². The molecule has 0 aromatic heterocycles. The van der Waals surface area contributed by atoms with Crippen molar-refractivity contribution in [1.29, 1.82) is 0 Å². The van der Waals surface area contributed by atoms with Crippen molar-refractivity contribution < 1.29 is 9.53 Å². The van der Waals surface area contributed by atoms with E-state index in [0.29, 0.717) is 24.5 Å². The lowest BCUT2D eigenvalue weighted by Crippen LogP contribution is -2.61. The van der Waals surface area contributed by atoms with Crippen molar-refractivity contribution in [3.05, 3.63) is 0 Å². The molecule has 0 radical (unpaired) electrons. The topological polar surface area (TPSA) is 41.6 Å². The molecule has 0 bridgehead atoms. The van der Waals surface area contributed by atoms with E-state index in [1.807, 2.05) is 4.90 Å². The van der Waals surface area contributed by atoms with E-state index in [1.165, 1.54) is 0 Å². The molecule has 0 aromatic carbocycles. The summed E-state index contributed by atoms with van der Waals surface area (Å²) in [5.41, 5.74) is 0. The number of amides is 1. The van der Waals surface area contributed by atoms with Crippen LogP contribution in [0.4, 0.5) is 4.79 Å². The predicted molar refractivity (Wildman–Crippen MR) is 78.2 cm³/mol. The maximum atomic E-state index is 12.2. The van der Waals surface area contributed by atoms with Crippen LogP contribution >= 0.6 is 0 Å². The molecule has 2 atom stereocenters. The fourth-order valence-corrected chi connectivity index (χ4v) is 2.43. The van der Waals surface area contributed by atoms with Gasteiger partial charge in [-0.25, -0.2) is 4.79 Å². The molecule has 0 aliphatic carbocycles. The van der Waals surface area contributed by atoms with Gasteiger partial charge in [-0.3, -0.25) is 0 Å². The van der Waals surface area contributed by atoms with Crippen molar-refractivity contribution in [2.75, 3.05) is 19.7 Å². The normalized spacial score (nSPS) is 24.1. The summed E-state index contributed by atoms with van der Waals surface area (Å²) in [6, 6.07) is 0.609. The van der Waals surface area contributed by atoms with E-state index in [4.69, 9.17) is 4.74 Å². The van der Waals surface area contributed by atoms with E-state index < -0.39 is 0 Å². The number of rotatable bonds is 5. The highest BCUT2D eigenvalue weighted by Gasteiger charge is 2.34. The molecule has 19 heavy (non-hydrogen) atoms. The molecule has 0 aromatic rings. The van der Waals surface area contributed by atoms with Crippen LogP contribution in [0.1, 0.15) is 47.5 Å². The summed E-state index contributed by atoms with van der Waals surface area (Å²) in [7, 11) is 0. The number of carbonyl (C=O) groups excluding carboxylic acids is 1. The Balaban J connectivity index is 2.63. The molecule has 0 saturated carbocycles. The van der Waals surface area contributed by atoms with Crippen LogP contribution in [0.5, 0.6) is 0 Å². The van der Waals surface area contributed by atoms with Gasteiger partial charge in [0, 0.05) is 25.2 Å². The van der Waals surface area contributed by atoms with Crippen LogP contribution in [0.25, 0.3) is 0 Å². The Morgan fingerprint density at radius 2 is 2.00 bits per heavy atom. The molecule has 1 saturated heterocycles. The molecule has 1 amide bonds. The van der Waals surface area contributed by atoms with Crippen molar-refractivity contribution in [2.45, 2.75) is 59.5 Å². The van der Waals surface area contributed by atoms with Gasteiger partial charge >= 0.3 is 6.09 Å². The fourth-order valence-electron chi connectivity index (χ4n) is 2.43. The summed E-state index contributed by atoms with van der Waals surface area (Å²) in [4.78, 5) is 14.2.